The first-order chi connectivity index (χ1) is 12.9. The Morgan fingerprint density at radius 1 is 1.07 bits per heavy atom. The predicted octanol–water partition coefficient (Wildman–Crippen LogP) is 5.35. The molecule has 1 heterocycles. The molecule has 0 radical (unpaired) electrons. The van der Waals surface area contributed by atoms with Gasteiger partial charge in [-0.15, -0.1) is 11.3 Å². The van der Waals surface area contributed by atoms with Crippen LogP contribution in [-0.2, 0) is 0 Å². The first kappa shape index (κ1) is 19.2. The number of aryl methyl sites for hydroxylation is 2. The van der Waals surface area contributed by atoms with Gasteiger partial charge in [-0.1, -0.05) is 23.7 Å². The van der Waals surface area contributed by atoms with E-state index < -0.39 is 0 Å². The van der Waals surface area contributed by atoms with Crippen LogP contribution < -0.4 is 14.8 Å². The molecule has 0 aliphatic carbocycles. The number of amides is 1. The first-order valence-corrected chi connectivity index (χ1v) is 9.39. The number of benzene rings is 2. The van der Waals surface area contributed by atoms with Crippen LogP contribution in [0.4, 0.5) is 5.69 Å². The number of carbonyl (C=O) groups is 1. The second-order valence-corrected chi connectivity index (χ2v) is 7.35. The van der Waals surface area contributed by atoms with Gasteiger partial charge in [0.05, 0.1) is 19.9 Å². The molecule has 0 fully saturated rings. The maximum atomic E-state index is 12.8. The number of anilines is 1. The van der Waals surface area contributed by atoms with Gasteiger partial charge in [-0.05, 0) is 37.6 Å². The van der Waals surface area contributed by atoms with Gasteiger partial charge in [0.25, 0.3) is 5.91 Å². The van der Waals surface area contributed by atoms with Crippen LogP contribution in [0.1, 0.15) is 20.9 Å². The standard InChI is InChI=1S/C20H19ClN2O3S/c1-11-9-16(25-3)17(26-4)10-15(11)23-19(24)18-12(2)22-20(27-18)13-5-7-14(21)8-6-13/h5-10H,1-4H3,(H,23,24). The van der Waals surface area contributed by atoms with E-state index in [2.05, 4.69) is 10.3 Å². The molecule has 5 nitrogen and oxygen atoms in total. The molecule has 7 heteroatoms. The molecule has 0 atom stereocenters. The van der Waals surface area contributed by atoms with Gasteiger partial charge >= 0.3 is 0 Å². The fourth-order valence-corrected chi connectivity index (χ4v) is 3.71. The van der Waals surface area contributed by atoms with Crippen molar-refractivity contribution in [2.45, 2.75) is 13.8 Å². The number of methoxy groups -OCH3 is 2. The summed E-state index contributed by atoms with van der Waals surface area (Å²) in [5, 5.41) is 4.38. The molecular formula is C20H19ClN2O3S. The van der Waals surface area contributed by atoms with Gasteiger partial charge in [0.15, 0.2) is 11.5 Å². The van der Waals surface area contributed by atoms with Crippen molar-refractivity contribution in [1.29, 1.82) is 0 Å². The van der Waals surface area contributed by atoms with E-state index in [0.717, 1.165) is 16.1 Å². The maximum Gasteiger partial charge on any atom is 0.267 e. The summed E-state index contributed by atoms with van der Waals surface area (Å²) >= 11 is 7.28. The summed E-state index contributed by atoms with van der Waals surface area (Å²) in [7, 11) is 3.14. The van der Waals surface area contributed by atoms with Crippen LogP contribution in [-0.4, -0.2) is 25.1 Å². The van der Waals surface area contributed by atoms with Crippen molar-refractivity contribution in [3.8, 4) is 22.1 Å². The Bertz CT molecular complexity index is 984. The van der Waals surface area contributed by atoms with E-state index in [0.29, 0.717) is 32.8 Å². The number of nitrogens with one attached hydrogen (secondary N) is 1. The summed E-state index contributed by atoms with van der Waals surface area (Å²) < 4.78 is 10.6. The Balaban J connectivity index is 1.88. The number of halogens is 1. The number of rotatable bonds is 5. The van der Waals surface area contributed by atoms with Crippen molar-refractivity contribution < 1.29 is 14.3 Å². The summed E-state index contributed by atoms with van der Waals surface area (Å²) in [5.41, 5.74) is 3.15. The topological polar surface area (TPSA) is 60.5 Å². The Hall–Kier alpha value is -2.57. The van der Waals surface area contributed by atoms with Gasteiger partial charge in [0.1, 0.15) is 9.88 Å². The number of thiazole rings is 1. The minimum absolute atomic E-state index is 0.208. The summed E-state index contributed by atoms with van der Waals surface area (Å²) in [6.45, 7) is 3.72. The lowest BCUT2D eigenvalue weighted by molar-refractivity contribution is 0.102. The lowest BCUT2D eigenvalue weighted by Gasteiger charge is -2.13. The molecule has 0 unspecified atom stereocenters. The third kappa shape index (κ3) is 4.07. The lowest BCUT2D eigenvalue weighted by atomic mass is 10.1. The van der Waals surface area contributed by atoms with Crippen molar-refractivity contribution >= 4 is 34.5 Å². The average molecular weight is 403 g/mol. The third-order valence-corrected chi connectivity index (χ3v) is 5.53. The van der Waals surface area contributed by atoms with E-state index in [1.165, 1.54) is 11.3 Å². The van der Waals surface area contributed by atoms with Crippen LogP contribution >= 0.6 is 22.9 Å². The SMILES string of the molecule is COc1cc(C)c(NC(=O)c2sc(-c3ccc(Cl)cc3)nc2C)cc1OC. The second-order valence-electron chi connectivity index (χ2n) is 5.92. The zero-order chi connectivity index (χ0) is 19.6. The van der Waals surface area contributed by atoms with Crippen LogP contribution in [0.15, 0.2) is 36.4 Å². The number of carbonyl (C=O) groups excluding carboxylic acids is 1. The highest BCUT2D eigenvalue weighted by atomic mass is 35.5. The normalized spacial score (nSPS) is 10.6. The average Bonchev–Trinajstić information content (AvgIpc) is 3.05. The van der Waals surface area contributed by atoms with Crippen LogP contribution in [0.5, 0.6) is 11.5 Å². The molecule has 0 spiro atoms. The molecule has 0 aliphatic rings. The summed E-state index contributed by atoms with van der Waals surface area (Å²) in [5.74, 6) is 0.966. The predicted molar refractivity (Wildman–Crippen MR) is 110 cm³/mol. The molecular weight excluding hydrogens is 384 g/mol. The number of nitrogens with zero attached hydrogens (tertiary/aromatic N) is 1. The number of hydrogen-bond donors (Lipinski definition) is 1. The van der Waals surface area contributed by atoms with Crippen LogP contribution in [0.3, 0.4) is 0 Å². The molecule has 140 valence electrons. The van der Waals surface area contributed by atoms with Gasteiger partial charge in [-0.3, -0.25) is 4.79 Å². The molecule has 3 aromatic rings. The summed E-state index contributed by atoms with van der Waals surface area (Å²) in [4.78, 5) is 17.9. The molecule has 0 bridgehead atoms. The van der Waals surface area contributed by atoms with E-state index in [1.54, 1.807) is 32.4 Å². The van der Waals surface area contributed by atoms with Crippen molar-refractivity contribution in [3.05, 3.63) is 57.6 Å². The molecule has 1 aromatic heterocycles. The van der Waals surface area contributed by atoms with E-state index in [4.69, 9.17) is 21.1 Å². The zero-order valence-electron chi connectivity index (χ0n) is 15.4. The Labute approximate surface area is 166 Å². The van der Waals surface area contributed by atoms with Gasteiger partial charge in [-0.25, -0.2) is 4.98 Å². The van der Waals surface area contributed by atoms with Crippen molar-refractivity contribution in [1.82, 2.24) is 4.98 Å². The Morgan fingerprint density at radius 3 is 2.33 bits per heavy atom. The molecule has 0 aliphatic heterocycles. The summed E-state index contributed by atoms with van der Waals surface area (Å²) in [6.07, 6.45) is 0. The lowest BCUT2D eigenvalue weighted by Crippen LogP contribution is -2.12. The number of hydrogen-bond acceptors (Lipinski definition) is 5. The zero-order valence-corrected chi connectivity index (χ0v) is 17.0. The third-order valence-electron chi connectivity index (χ3n) is 4.07. The van der Waals surface area contributed by atoms with Crippen LogP contribution in [0.25, 0.3) is 10.6 Å². The highest BCUT2D eigenvalue weighted by Crippen LogP contribution is 2.34. The minimum Gasteiger partial charge on any atom is -0.493 e. The molecule has 1 amide bonds. The monoisotopic (exact) mass is 402 g/mol. The van der Waals surface area contributed by atoms with E-state index in [9.17, 15) is 4.79 Å². The molecule has 1 N–H and O–H groups in total. The van der Waals surface area contributed by atoms with E-state index >= 15 is 0 Å². The number of aromatic nitrogens is 1. The van der Waals surface area contributed by atoms with E-state index in [-0.39, 0.29) is 5.91 Å². The molecule has 27 heavy (non-hydrogen) atoms. The molecule has 2 aromatic carbocycles. The fraction of sp³-hybridized carbons (Fsp3) is 0.200. The van der Waals surface area contributed by atoms with Crippen LogP contribution in [0, 0.1) is 13.8 Å². The quantitative estimate of drug-likeness (QED) is 0.624. The highest BCUT2D eigenvalue weighted by Gasteiger charge is 2.18. The molecule has 3 rings (SSSR count). The Kier molecular flexibility index (Phi) is 5.68. The van der Waals surface area contributed by atoms with Gasteiger partial charge in [-0.2, -0.15) is 0 Å². The van der Waals surface area contributed by atoms with Gasteiger partial charge in [0.2, 0.25) is 0 Å². The van der Waals surface area contributed by atoms with Crippen LogP contribution in [0.2, 0.25) is 5.02 Å². The second kappa shape index (κ2) is 7.98. The van der Waals surface area contributed by atoms with Crippen molar-refractivity contribution in [3.63, 3.8) is 0 Å². The molecule has 0 saturated carbocycles. The van der Waals surface area contributed by atoms with Gasteiger partial charge < -0.3 is 14.8 Å². The minimum atomic E-state index is -0.208. The molecule has 0 saturated heterocycles. The van der Waals surface area contributed by atoms with Crippen molar-refractivity contribution in [2.24, 2.45) is 0 Å². The fourth-order valence-electron chi connectivity index (χ4n) is 2.62. The first-order valence-electron chi connectivity index (χ1n) is 8.20. The highest BCUT2D eigenvalue weighted by molar-refractivity contribution is 7.17. The Morgan fingerprint density at radius 2 is 1.70 bits per heavy atom. The summed E-state index contributed by atoms with van der Waals surface area (Å²) in [6, 6.07) is 11.0. The number of ether oxygens (including phenoxy) is 2. The van der Waals surface area contributed by atoms with Crippen molar-refractivity contribution in [2.75, 3.05) is 19.5 Å². The van der Waals surface area contributed by atoms with Gasteiger partial charge in [0, 0.05) is 22.3 Å². The maximum absolute atomic E-state index is 12.8. The largest absolute Gasteiger partial charge is 0.493 e. The smallest absolute Gasteiger partial charge is 0.267 e. The van der Waals surface area contributed by atoms with E-state index in [1.807, 2.05) is 32.0 Å².